The number of amides is 1. The second-order valence-corrected chi connectivity index (χ2v) is 8.12. The third kappa shape index (κ3) is 4.30. The summed E-state index contributed by atoms with van der Waals surface area (Å²) in [4.78, 5) is 18.3. The Morgan fingerprint density at radius 3 is 2.87 bits per heavy atom. The molecule has 1 saturated heterocycles. The Hall–Kier alpha value is -1.00. The Kier molecular flexibility index (Phi) is 5.65. The fourth-order valence-electron chi connectivity index (χ4n) is 3.81. The van der Waals surface area contributed by atoms with Crippen molar-refractivity contribution in [2.24, 2.45) is 0 Å². The summed E-state index contributed by atoms with van der Waals surface area (Å²) < 4.78 is 0. The van der Waals surface area contributed by atoms with Crippen LogP contribution in [-0.4, -0.2) is 54.7 Å². The zero-order valence-corrected chi connectivity index (χ0v) is 15.2. The SMILES string of the molecule is CN(C)CC1CCCCN1C(=O)CSc1ccc2c(c1)CCC2. The third-order valence-corrected chi connectivity index (χ3v) is 5.93. The highest BCUT2D eigenvalue weighted by Gasteiger charge is 2.26. The van der Waals surface area contributed by atoms with E-state index in [1.54, 1.807) is 11.8 Å². The number of carbonyl (C=O) groups is 1. The summed E-state index contributed by atoms with van der Waals surface area (Å²) in [6.45, 7) is 1.91. The maximum Gasteiger partial charge on any atom is 0.233 e. The lowest BCUT2D eigenvalue weighted by molar-refractivity contribution is -0.132. The zero-order chi connectivity index (χ0) is 16.2. The number of hydrogen-bond donors (Lipinski definition) is 0. The van der Waals surface area contributed by atoms with Crippen LogP contribution in [0.15, 0.2) is 23.1 Å². The van der Waals surface area contributed by atoms with E-state index in [1.807, 2.05) is 0 Å². The second-order valence-electron chi connectivity index (χ2n) is 7.07. The molecule has 1 aromatic rings. The molecule has 1 aliphatic carbocycles. The van der Waals surface area contributed by atoms with Crippen molar-refractivity contribution in [3.05, 3.63) is 29.3 Å². The van der Waals surface area contributed by atoms with E-state index in [4.69, 9.17) is 0 Å². The number of carbonyl (C=O) groups excluding carboxylic acids is 1. The highest BCUT2D eigenvalue weighted by molar-refractivity contribution is 8.00. The topological polar surface area (TPSA) is 23.6 Å². The molecule has 1 aliphatic heterocycles. The van der Waals surface area contributed by atoms with Gasteiger partial charge in [0, 0.05) is 24.0 Å². The number of likely N-dealkylation sites (tertiary alicyclic amines) is 1. The number of nitrogens with zero attached hydrogens (tertiary/aromatic N) is 2. The van der Waals surface area contributed by atoms with E-state index in [0.29, 0.717) is 17.7 Å². The van der Waals surface area contributed by atoms with Crippen molar-refractivity contribution in [3.63, 3.8) is 0 Å². The van der Waals surface area contributed by atoms with Crippen LogP contribution in [0.25, 0.3) is 0 Å². The van der Waals surface area contributed by atoms with Crippen LogP contribution in [-0.2, 0) is 17.6 Å². The number of piperidine rings is 1. The average Bonchev–Trinajstić information content (AvgIpc) is 3.00. The highest BCUT2D eigenvalue weighted by atomic mass is 32.2. The molecule has 3 rings (SSSR count). The summed E-state index contributed by atoms with van der Waals surface area (Å²) in [5.41, 5.74) is 2.99. The van der Waals surface area contributed by atoms with Gasteiger partial charge in [0.1, 0.15) is 0 Å². The second kappa shape index (κ2) is 7.71. The molecule has 1 unspecified atom stereocenters. The van der Waals surface area contributed by atoms with Crippen molar-refractivity contribution in [1.29, 1.82) is 0 Å². The van der Waals surface area contributed by atoms with Crippen molar-refractivity contribution in [1.82, 2.24) is 9.80 Å². The van der Waals surface area contributed by atoms with Crippen molar-refractivity contribution in [3.8, 4) is 0 Å². The summed E-state index contributed by atoms with van der Waals surface area (Å²) >= 11 is 1.70. The van der Waals surface area contributed by atoms with Gasteiger partial charge in [0.15, 0.2) is 0 Å². The number of benzene rings is 1. The number of thioether (sulfide) groups is 1. The van der Waals surface area contributed by atoms with Gasteiger partial charge in [0.05, 0.1) is 5.75 Å². The van der Waals surface area contributed by atoms with Crippen molar-refractivity contribution in [2.45, 2.75) is 49.5 Å². The van der Waals surface area contributed by atoms with Gasteiger partial charge in [-0.2, -0.15) is 0 Å². The molecule has 0 bridgehead atoms. The van der Waals surface area contributed by atoms with Crippen LogP contribution in [0, 0.1) is 0 Å². The smallest absolute Gasteiger partial charge is 0.233 e. The molecule has 0 saturated carbocycles. The minimum absolute atomic E-state index is 0.307. The standard InChI is InChI=1S/C19H28N2OS/c1-20(2)13-17-8-3-4-11-21(17)19(22)14-23-18-10-9-15-6-5-7-16(15)12-18/h9-10,12,17H,3-8,11,13-14H2,1-2H3. The minimum atomic E-state index is 0.307. The number of rotatable bonds is 5. The third-order valence-electron chi connectivity index (χ3n) is 4.96. The van der Waals surface area contributed by atoms with Crippen LogP contribution < -0.4 is 0 Å². The molecule has 1 amide bonds. The molecule has 0 radical (unpaired) electrons. The van der Waals surface area contributed by atoms with Gasteiger partial charge in [-0.3, -0.25) is 4.79 Å². The maximum absolute atomic E-state index is 12.7. The van der Waals surface area contributed by atoms with Crippen LogP contribution in [0.4, 0.5) is 0 Å². The first-order chi connectivity index (χ1) is 11.1. The molecule has 23 heavy (non-hydrogen) atoms. The van der Waals surface area contributed by atoms with E-state index < -0.39 is 0 Å². The number of aryl methyl sites for hydroxylation is 2. The van der Waals surface area contributed by atoms with E-state index in [2.05, 4.69) is 42.1 Å². The van der Waals surface area contributed by atoms with Crippen LogP contribution in [0.5, 0.6) is 0 Å². The van der Waals surface area contributed by atoms with Gasteiger partial charge in [-0.25, -0.2) is 0 Å². The summed E-state index contributed by atoms with van der Waals surface area (Å²) in [6, 6.07) is 7.14. The average molecular weight is 333 g/mol. The van der Waals surface area contributed by atoms with Gasteiger partial charge in [0.2, 0.25) is 5.91 Å². The van der Waals surface area contributed by atoms with Gasteiger partial charge >= 0.3 is 0 Å². The Morgan fingerprint density at radius 2 is 2.04 bits per heavy atom. The first-order valence-electron chi connectivity index (χ1n) is 8.82. The van der Waals surface area contributed by atoms with Crippen LogP contribution in [0.3, 0.4) is 0 Å². The lowest BCUT2D eigenvalue weighted by Crippen LogP contribution is -2.48. The lowest BCUT2D eigenvalue weighted by Gasteiger charge is -2.37. The van der Waals surface area contributed by atoms with Crippen molar-refractivity contribution < 1.29 is 4.79 Å². The Labute approximate surface area is 144 Å². The zero-order valence-electron chi connectivity index (χ0n) is 14.4. The molecule has 3 nitrogen and oxygen atoms in total. The first kappa shape index (κ1) is 16.8. The minimum Gasteiger partial charge on any atom is -0.338 e. The Morgan fingerprint density at radius 1 is 1.22 bits per heavy atom. The molecule has 4 heteroatoms. The predicted octanol–water partition coefficient (Wildman–Crippen LogP) is 3.21. The Balaban J connectivity index is 1.57. The van der Waals surface area contributed by atoms with Crippen molar-refractivity contribution >= 4 is 17.7 Å². The summed E-state index contributed by atoms with van der Waals surface area (Å²) in [5, 5.41) is 0. The molecule has 0 aromatic heterocycles. The van der Waals surface area contributed by atoms with E-state index in [-0.39, 0.29) is 0 Å². The highest BCUT2D eigenvalue weighted by Crippen LogP contribution is 2.28. The van der Waals surface area contributed by atoms with Gasteiger partial charge < -0.3 is 9.80 Å². The first-order valence-corrected chi connectivity index (χ1v) is 9.81. The normalized spacial score (nSPS) is 20.8. The van der Waals surface area contributed by atoms with E-state index in [9.17, 15) is 4.79 Å². The molecule has 1 heterocycles. The summed E-state index contributed by atoms with van der Waals surface area (Å²) in [7, 11) is 4.19. The van der Waals surface area contributed by atoms with E-state index >= 15 is 0 Å². The molecule has 1 atom stereocenters. The van der Waals surface area contributed by atoms with Crippen LogP contribution in [0.1, 0.15) is 36.8 Å². The molecule has 1 aromatic carbocycles. The lowest BCUT2D eigenvalue weighted by atomic mass is 10.0. The predicted molar refractivity (Wildman–Crippen MR) is 97.1 cm³/mol. The fraction of sp³-hybridized carbons (Fsp3) is 0.632. The molecular formula is C19H28N2OS. The molecule has 0 N–H and O–H groups in total. The maximum atomic E-state index is 12.7. The van der Waals surface area contributed by atoms with Crippen LogP contribution in [0.2, 0.25) is 0 Å². The molecule has 126 valence electrons. The quantitative estimate of drug-likeness (QED) is 0.774. The van der Waals surface area contributed by atoms with Crippen molar-refractivity contribution in [2.75, 3.05) is 32.9 Å². The Bertz CT molecular complexity index is 558. The number of fused-ring (bicyclic) bond motifs is 1. The monoisotopic (exact) mass is 332 g/mol. The fourth-order valence-corrected chi connectivity index (χ4v) is 4.65. The molecule has 2 aliphatic rings. The van der Waals surface area contributed by atoms with Gasteiger partial charge in [-0.1, -0.05) is 6.07 Å². The summed E-state index contributed by atoms with van der Waals surface area (Å²) in [5.74, 6) is 0.880. The van der Waals surface area contributed by atoms with Gasteiger partial charge in [0.25, 0.3) is 0 Å². The summed E-state index contributed by atoms with van der Waals surface area (Å²) in [6.07, 6.45) is 7.25. The van der Waals surface area contributed by atoms with Crippen LogP contribution >= 0.6 is 11.8 Å². The van der Waals surface area contributed by atoms with Gasteiger partial charge in [-0.15, -0.1) is 11.8 Å². The largest absolute Gasteiger partial charge is 0.338 e. The van der Waals surface area contributed by atoms with E-state index in [1.165, 1.54) is 41.7 Å². The molecular weight excluding hydrogens is 304 g/mol. The number of likely N-dealkylation sites (N-methyl/N-ethyl adjacent to an activating group) is 1. The molecule has 1 fully saturated rings. The number of hydrogen-bond acceptors (Lipinski definition) is 3. The van der Waals surface area contributed by atoms with Gasteiger partial charge in [-0.05, 0) is 75.9 Å². The van der Waals surface area contributed by atoms with E-state index in [0.717, 1.165) is 25.9 Å². The molecule has 0 spiro atoms.